The van der Waals surface area contributed by atoms with E-state index in [-0.39, 0.29) is 63.6 Å². The topological polar surface area (TPSA) is 103 Å². The van der Waals surface area contributed by atoms with Gasteiger partial charge in [-0.25, -0.2) is 4.39 Å². The Morgan fingerprint density at radius 1 is 1.26 bits per heavy atom. The molecule has 0 aliphatic carbocycles. The van der Waals surface area contributed by atoms with Gasteiger partial charge in [-0.1, -0.05) is 12.1 Å². The van der Waals surface area contributed by atoms with E-state index in [2.05, 4.69) is 5.32 Å². The molecule has 0 saturated heterocycles. The van der Waals surface area contributed by atoms with E-state index in [0.717, 1.165) is 0 Å². The third-order valence-electron chi connectivity index (χ3n) is 3.03. The molecule has 0 aliphatic heterocycles. The molecule has 1 atom stereocenters. The Hall–Kier alpha value is -1.03. The standard InChI is InChI=1S/C15H14FNO5.K/c16-10-3-1-9(2-4-10)11-6-8-22-13(11)14(19)17-12(5-7-18)15(20)21;/h1-4,6,8,12,18H,5,7H2,(H,17,19)(H,20,21);/q;+1/p-1/t12-;/m0./s1. The molecular weight excluding hydrogens is 332 g/mol. The zero-order valence-electron chi connectivity index (χ0n) is 12.4. The number of hydrogen-bond donors (Lipinski definition) is 2. The van der Waals surface area contributed by atoms with Gasteiger partial charge in [-0.05, 0) is 30.2 Å². The van der Waals surface area contributed by atoms with Crippen molar-refractivity contribution in [2.75, 3.05) is 6.61 Å². The van der Waals surface area contributed by atoms with E-state index in [4.69, 9.17) is 9.52 Å². The van der Waals surface area contributed by atoms with E-state index >= 15 is 0 Å². The first-order valence-corrected chi connectivity index (χ1v) is 6.49. The van der Waals surface area contributed by atoms with E-state index in [9.17, 15) is 19.1 Å². The van der Waals surface area contributed by atoms with Gasteiger partial charge in [-0.15, -0.1) is 0 Å². The third kappa shape index (κ3) is 5.23. The Labute approximate surface area is 174 Å². The van der Waals surface area contributed by atoms with Crippen molar-refractivity contribution in [2.24, 2.45) is 0 Å². The quantitative estimate of drug-likeness (QED) is 0.556. The van der Waals surface area contributed by atoms with E-state index in [1.165, 1.54) is 36.6 Å². The summed E-state index contributed by atoms with van der Waals surface area (Å²) in [5.41, 5.74) is 0.950. The van der Waals surface area contributed by atoms with Crippen molar-refractivity contribution in [3.63, 3.8) is 0 Å². The van der Waals surface area contributed by atoms with Crippen LogP contribution in [0.15, 0.2) is 41.0 Å². The van der Waals surface area contributed by atoms with Crippen LogP contribution in [0, 0.1) is 5.82 Å². The molecule has 6 nitrogen and oxygen atoms in total. The minimum atomic E-state index is -1.50. The molecule has 1 amide bonds. The Balaban J connectivity index is 0.00000264. The molecule has 0 fully saturated rings. The maximum absolute atomic E-state index is 12.9. The number of rotatable bonds is 6. The van der Waals surface area contributed by atoms with E-state index in [1.807, 2.05) is 0 Å². The van der Waals surface area contributed by atoms with Crippen LogP contribution in [-0.4, -0.2) is 29.6 Å². The second-order valence-corrected chi connectivity index (χ2v) is 4.53. The third-order valence-corrected chi connectivity index (χ3v) is 3.03. The second-order valence-electron chi connectivity index (χ2n) is 4.53. The molecule has 2 rings (SSSR count). The summed E-state index contributed by atoms with van der Waals surface area (Å²) in [7, 11) is 0. The molecule has 1 aromatic heterocycles. The van der Waals surface area contributed by atoms with Gasteiger partial charge in [0.2, 0.25) is 0 Å². The number of aliphatic carboxylic acids is 1. The number of carboxylic acids is 1. The molecular formula is C15H13FKNO5. The first-order chi connectivity index (χ1) is 10.5. The molecule has 23 heavy (non-hydrogen) atoms. The molecule has 1 heterocycles. The van der Waals surface area contributed by atoms with Crippen LogP contribution in [0.4, 0.5) is 4.39 Å². The predicted octanol–water partition coefficient (Wildman–Crippen LogP) is -2.68. The maximum Gasteiger partial charge on any atom is 1.00 e. The molecule has 0 saturated carbocycles. The zero-order valence-corrected chi connectivity index (χ0v) is 15.5. The largest absolute Gasteiger partial charge is 1.00 e. The minimum Gasteiger partial charge on any atom is -0.548 e. The number of halogens is 1. The molecule has 0 bridgehead atoms. The number of carboxylic acid groups (broad SMARTS) is 1. The number of furan rings is 1. The second kappa shape index (κ2) is 9.31. The fourth-order valence-corrected chi connectivity index (χ4v) is 1.94. The van der Waals surface area contributed by atoms with Crippen molar-refractivity contribution in [3.8, 4) is 11.1 Å². The average molecular weight is 345 g/mol. The van der Waals surface area contributed by atoms with Crippen LogP contribution >= 0.6 is 0 Å². The smallest absolute Gasteiger partial charge is 0.548 e. The fourth-order valence-electron chi connectivity index (χ4n) is 1.94. The first-order valence-electron chi connectivity index (χ1n) is 6.49. The van der Waals surface area contributed by atoms with Crippen LogP contribution in [0.5, 0.6) is 0 Å². The number of amides is 1. The maximum atomic E-state index is 12.9. The van der Waals surface area contributed by atoms with Crippen LogP contribution < -0.4 is 61.8 Å². The zero-order chi connectivity index (χ0) is 16.1. The predicted molar refractivity (Wildman–Crippen MR) is 72.1 cm³/mol. The monoisotopic (exact) mass is 345 g/mol. The Morgan fingerprint density at radius 2 is 1.91 bits per heavy atom. The number of carbonyl (C=O) groups excluding carboxylic acids is 2. The number of hydrogen-bond acceptors (Lipinski definition) is 5. The van der Waals surface area contributed by atoms with Gasteiger partial charge in [-0.2, -0.15) is 0 Å². The summed E-state index contributed by atoms with van der Waals surface area (Å²) >= 11 is 0. The van der Waals surface area contributed by atoms with Crippen molar-refractivity contribution < 1.29 is 80.0 Å². The van der Waals surface area contributed by atoms with Crippen molar-refractivity contribution >= 4 is 11.9 Å². The van der Waals surface area contributed by atoms with Crippen molar-refractivity contribution in [3.05, 3.63) is 48.2 Å². The van der Waals surface area contributed by atoms with E-state index < -0.39 is 30.3 Å². The molecule has 2 N–H and O–H groups in total. The normalized spacial score (nSPS) is 11.4. The van der Waals surface area contributed by atoms with Gasteiger partial charge in [0.25, 0.3) is 5.91 Å². The summed E-state index contributed by atoms with van der Waals surface area (Å²) in [5.74, 6) is -2.78. The van der Waals surface area contributed by atoms with Crippen molar-refractivity contribution in [1.82, 2.24) is 5.32 Å². The molecule has 1 aromatic carbocycles. The molecule has 0 unspecified atom stereocenters. The summed E-state index contributed by atoms with van der Waals surface area (Å²) < 4.78 is 18.0. The van der Waals surface area contributed by atoms with Gasteiger partial charge in [0.1, 0.15) is 5.82 Å². The van der Waals surface area contributed by atoms with Gasteiger partial charge in [0.15, 0.2) is 5.76 Å². The number of aliphatic hydroxyl groups excluding tert-OH is 1. The van der Waals surface area contributed by atoms with Crippen molar-refractivity contribution in [2.45, 2.75) is 12.5 Å². The van der Waals surface area contributed by atoms with Crippen LogP contribution in [0.1, 0.15) is 17.0 Å². The van der Waals surface area contributed by atoms with Gasteiger partial charge < -0.3 is 24.7 Å². The van der Waals surface area contributed by atoms with Gasteiger partial charge >= 0.3 is 51.4 Å². The number of nitrogens with one attached hydrogen (secondary N) is 1. The number of aliphatic hydroxyl groups is 1. The van der Waals surface area contributed by atoms with E-state index in [1.54, 1.807) is 0 Å². The number of benzene rings is 1. The summed E-state index contributed by atoms with van der Waals surface area (Å²) in [6.07, 6.45) is 1.09. The molecule has 2 aromatic rings. The SMILES string of the molecule is O=C(N[C@@H](CCO)C(=O)[O-])c1occc1-c1ccc(F)cc1.[K+]. The molecule has 0 spiro atoms. The molecule has 116 valence electrons. The molecule has 0 radical (unpaired) electrons. The van der Waals surface area contributed by atoms with Gasteiger partial charge in [0.05, 0.1) is 18.3 Å². The number of carbonyl (C=O) groups is 2. The fraction of sp³-hybridized carbons (Fsp3) is 0.200. The van der Waals surface area contributed by atoms with Crippen LogP contribution in [0.3, 0.4) is 0 Å². The van der Waals surface area contributed by atoms with Gasteiger partial charge in [0, 0.05) is 12.2 Å². The van der Waals surface area contributed by atoms with Crippen LogP contribution in [0.2, 0.25) is 0 Å². The summed E-state index contributed by atoms with van der Waals surface area (Å²) in [5, 5.41) is 21.9. The molecule has 8 heteroatoms. The minimum absolute atomic E-state index is 0. The summed E-state index contributed by atoms with van der Waals surface area (Å²) in [6, 6.07) is 5.60. The average Bonchev–Trinajstić information content (AvgIpc) is 2.97. The first kappa shape index (κ1) is 20.0. The Kier molecular flexibility index (Phi) is 8.10. The van der Waals surface area contributed by atoms with Crippen LogP contribution in [0.25, 0.3) is 11.1 Å². The van der Waals surface area contributed by atoms with Gasteiger partial charge in [-0.3, -0.25) is 4.79 Å². The molecule has 0 aliphatic rings. The Bertz CT molecular complexity index is 671. The summed E-state index contributed by atoms with van der Waals surface area (Å²) in [6.45, 7) is -0.415. The Morgan fingerprint density at radius 3 is 2.48 bits per heavy atom. The van der Waals surface area contributed by atoms with E-state index in [0.29, 0.717) is 11.1 Å². The summed E-state index contributed by atoms with van der Waals surface area (Å²) in [4.78, 5) is 23.0. The van der Waals surface area contributed by atoms with Crippen molar-refractivity contribution in [1.29, 1.82) is 0 Å². The van der Waals surface area contributed by atoms with Crippen LogP contribution in [-0.2, 0) is 4.79 Å².